The quantitative estimate of drug-likeness (QED) is 0.528. The molecule has 0 unspecified atom stereocenters. The van der Waals surface area contributed by atoms with Gasteiger partial charge in [-0.15, -0.1) is 0 Å². The van der Waals surface area contributed by atoms with Crippen LogP contribution in [0.25, 0.3) is 0 Å². The van der Waals surface area contributed by atoms with Crippen LogP contribution >= 0.6 is 0 Å². The van der Waals surface area contributed by atoms with Crippen molar-refractivity contribution in [1.29, 1.82) is 0 Å². The number of rotatable bonds is 8. The van der Waals surface area contributed by atoms with Crippen LogP contribution in [0.3, 0.4) is 0 Å². The molecular weight excluding hydrogens is 432 g/mol. The molecule has 4 nitrogen and oxygen atoms in total. The Hall–Kier alpha value is -3.09. The first-order valence-corrected chi connectivity index (χ1v) is 11.8. The van der Waals surface area contributed by atoms with Gasteiger partial charge in [-0.25, -0.2) is 8.78 Å². The molecular formula is C28H31F2N3O. The van der Waals surface area contributed by atoms with Gasteiger partial charge in [0.25, 0.3) is 5.91 Å². The van der Waals surface area contributed by atoms with E-state index in [9.17, 15) is 13.6 Å². The lowest BCUT2D eigenvalue weighted by Gasteiger charge is -2.32. The number of hydrogen-bond donors (Lipinski definition) is 1. The van der Waals surface area contributed by atoms with E-state index in [4.69, 9.17) is 0 Å². The maximum atomic E-state index is 13.4. The van der Waals surface area contributed by atoms with E-state index in [1.165, 1.54) is 29.8 Å². The van der Waals surface area contributed by atoms with Crippen molar-refractivity contribution in [2.24, 2.45) is 0 Å². The molecule has 1 saturated heterocycles. The van der Waals surface area contributed by atoms with Crippen molar-refractivity contribution < 1.29 is 13.6 Å². The van der Waals surface area contributed by atoms with Crippen LogP contribution in [0.5, 0.6) is 0 Å². The van der Waals surface area contributed by atoms with Crippen molar-refractivity contribution in [3.8, 4) is 0 Å². The Morgan fingerprint density at radius 2 is 1.35 bits per heavy atom. The number of piperazine rings is 1. The number of carbonyl (C=O) groups is 1. The second-order valence-corrected chi connectivity index (χ2v) is 8.98. The minimum absolute atomic E-state index is 0.0764. The third-order valence-electron chi connectivity index (χ3n) is 6.48. The van der Waals surface area contributed by atoms with Crippen LogP contribution in [0.4, 0.5) is 8.78 Å². The second kappa shape index (κ2) is 11.4. The number of amides is 1. The predicted octanol–water partition coefficient (Wildman–Crippen LogP) is 4.66. The van der Waals surface area contributed by atoms with E-state index in [1.807, 2.05) is 24.3 Å². The van der Waals surface area contributed by atoms with Crippen LogP contribution in [0.15, 0.2) is 72.8 Å². The van der Waals surface area contributed by atoms with Crippen molar-refractivity contribution in [1.82, 2.24) is 15.1 Å². The molecule has 1 N–H and O–H groups in total. The Balaban J connectivity index is 1.34. The molecule has 1 fully saturated rings. The van der Waals surface area contributed by atoms with Crippen molar-refractivity contribution in [2.45, 2.75) is 18.9 Å². The summed E-state index contributed by atoms with van der Waals surface area (Å²) in [5, 5.41) is 2.99. The Kier molecular flexibility index (Phi) is 8.03. The molecule has 1 aliphatic heterocycles. The van der Waals surface area contributed by atoms with E-state index >= 15 is 0 Å². The maximum absolute atomic E-state index is 13.4. The van der Waals surface area contributed by atoms with E-state index in [-0.39, 0.29) is 23.5 Å². The van der Waals surface area contributed by atoms with Gasteiger partial charge in [0.1, 0.15) is 11.6 Å². The highest BCUT2D eigenvalue weighted by atomic mass is 19.1. The number of nitrogens with one attached hydrogen (secondary N) is 1. The average Bonchev–Trinajstić information content (AvgIpc) is 2.85. The zero-order valence-corrected chi connectivity index (χ0v) is 19.5. The largest absolute Gasteiger partial charge is 0.352 e. The summed E-state index contributed by atoms with van der Waals surface area (Å²) in [5.74, 6) is -0.799. The maximum Gasteiger partial charge on any atom is 0.251 e. The normalized spacial score (nSPS) is 14.9. The van der Waals surface area contributed by atoms with Crippen molar-refractivity contribution in [2.75, 3.05) is 39.8 Å². The summed E-state index contributed by atoms with van der Waals surface area (Å²) >= 11 is 0. The molecule has 0 atom stereocenters. The molecule has 0 aromatic heterocycles. The number of carbonyl (C=O) groups excluding carboxylic acids is 1. The van der Waals surface area contributed by atoms with Crippen LogP contribution < -0.4 is 5.32 Å². The van der Waals surface area contributed by atoms with Gasteiger partial charge in [0.15, 0.2) is 0 Å². The van der Waals surface area contributed by atoms with Gasteiger partial charge in [0.2, 0.25) is 0 Å². The molecule has 34 heavy (non-hydrogen) atoms. The minimum Gasteiger partial charge on any atom is -0.352 e. The molecule has 3 aromatic rings. The number of likely N-dealkylation sites (N-methyl/N-ethyl adjacent to an activating group) is 1. The Bertz CT molecular complexity index is 1010. The summed E-state index contributed by atoms with van der Waals surface area (Å²) in [5.41, 5.74) is 3.68. The summed E-state index contributed by atoms with van der Waals surface area (Å²) < 4.78 is 26.8. The first-order valence-electron chi connectivity index (χ1n) is 11.8. The van der Waals surface area contributed by atoms with Gasteiger partial charge < -0.3 is 10.2 Å². The van der Waals surface area contributed by atoms with Crippen molar-refractivity contribution >= 4 is 5.91 Å². The molecule has 0 bridgehead atoms. The van der Waals surface area contributed by atoms with E-state index in [2.05, 4.69) is 22.2 Å². The average molecular weight is 464 g/mol. The first kappa shape index (κ1) is 24.0. The van der Waals surface area contributed by atoms with E-state index in [0.29, 0.717) is 18.5 Å². The topological polar surface area (TPSA) is 35.6 Å². The highest BCUT2D eigenvalue weighted by molar-refractivity contribution is 5.94. The van der Waals surface area contributed by atoms with Gasteiger partial charge in [-0.05, 0) is 66.6 Å². The predicted molar refractivity (Wildman–Crippen MR) is 131 cm³/mol. The third-order valence-corrected chi connectivity index (χ3v) is 6.48. The van der Waals surface area contributed by atoms with Crippen LogP contribution in [-0.2, 0) is 6.54 Å². The number of benzene rings is 3. The van der Waals surface area contributed by atoms with E-state index < -0.39 is 0 Å². The molecule has 4 rings (SSSR count). The summed E-state index contributed by atoms with van der Waals surface area (Å²) in [4.78, 5) is 17.5. The lowest BCUT2D eigenvalue weighted by atomic mass is 9.88. The smallest absolute Gasteiger partial charge is 0.251 e. The molecule has 0 radical (unpaired) electrons. The van der Waals surface area contributed by atoms with Crippen LogP contribution in [0.1, 0.15) is 39.4 Å². The zero-order valence-electron chi connectivity index (χ0n) is 19.5. The molecule has 1 heterocycles. The molecule has 0 saturated carbocycles. The number of hydrogen-bond acceptors (Lipinski definition) is 3. The molecule has 1 aliphatic rings. The molecule has 1 amide bonds. The van der Waals surface area contributed by atoms with Gasteiger partial charge in [-0.2, -0.15) is 0 Å². The molecule has 0 aliphatic carbocycles. The monoisotopic (exact) mass is 463 g/mol. The Morgan fingerprint density at radius 1 is 0.824 bits per heavy atom. The van der Waals surface area contributed by atoms with Gasteiger partial charge in [-0.3, -0.25) is 9.69 Å². The fraction of sp³-hybridized carbons (Fsp3) is 0.321. The molecule has 3 aromatic carbocycles. The lowest BCUT2D eigenvalue weighted by molar-refractivity contribution is 0.0952. The van der Waals surface area contributed by atoms with Gasteiger partial charge in [-0.1, -0.05) is 36.4 Å². The third kappa shape index (κ3) is 6.49. The van der Waals surface area contributed by atoms with Crippen LogP contribution in [0.2, 0.25) is 0 Å². The van der Waals surface area contributed by atoms with Crippen molar-refractivity contribution in [3.63, 3.8) is 0 Å². The van der Waals surface area contributed by atoms with E-state index in [1.54, 1.807) is 24.3 Å². The number of halogens is 2. The summed E-state index contributed by atoms with van der Waals surface area (Å²) in [6.07, 6.45) is 0.616. The SMILES string of the molecule is CN1CCN(Cc2ccc(C(=O)NCCC(c3ccc(F)cc3)c3ccc(F)cc3)cc2)CC1. The minimum atomic E-state index is -0.300. The molecule has 6 heteroatoms. The highest BCUT2D eigenvalue weighted by Gasteiger charge is 2.16. The lowest BCUT2D eigenvalue weighted by Crippen LogP contribution is -2.43. The Labute approximate surface area is 200 Å². The molecule has 178 valence electrons. The summed E-state index contributed by atoms with van der Waals surface area (Å²) in [7, 11) is 2.15. The molecule has 0 spiro atoms. The fourth-order valence-corrected chi connectivity index (χ4v) is 4.37. The standard InChI is InChI=1S/C28H31F2N3O/c1-32-16-18-33(19-17-32)20-21-2-4-24(5-3-21)28(34)31-15-14-27(22-6-10-25(29)11-7-22)23-8-12-26(30)13-9-23/h2-13,27H,14-20H2,1H3,(H,31,34). The zero-order chi connectivity index (χ0) is 23.9. The van der Waals surface area contributed by atoms with Gasteiger partial charge in [0.05, 0.1) is 0 Å². The Morgan fingerprint density at radius 3 is 1.88 bits per heavy atom. The first-order chi connectivity index (χ1) is 16.5. The second-order valence-electron chi connectivity index (χ2n) is 8.98. The fourth-order valence-electron chi connectivity index (χ4n) is 4.37. The van der Waals surface area contributed by atoms with Crippen LogP contribution in [0, 0.1) is 11.6 Å². The van der Waals surface area contributed by atoms with E-state index in [0.717, 1.165) is 43.9 Å². The van der Waals surface area contributed by atoms with Crippen molar-refractivity contribution in [3.05, 3.63) is 107 Å². The van der Waals surface area contributed by atoms with Crippen LogP contribution in [-0.4, -0.2) is 55.5 Å². The van der Waals surface area contributed by atoms with Gasteiger partial charge >= 0.3 is 0 Å². The number of nitrogens with zero attached hydrogens (tertiary/aromatic N) is 2. The summed E-state index contributed by atoms with van der Waals surface area (Å²) in [6, 6.07) is 20.4. The summed E-state index contributed by atoms with van der Waals surface area (Å²) in [6.45, 7) is 5.62. The highest BCUT2D eigenvalue weighted by Crippen LogP contribution is 2.28. The van der Waals surface area contributed by atoms with Gasteiger partial charge in [0, 0.05) is 50.7 Å².